The summed E-state index contributed by atoms with van der Waals surface area (Å²) in [4.78, 5) is 0. The van der Waals surface area contributed by atoms with Crippen molar-refractivity contribution < 1.29 is 9.84 Å². The van der Waals surface area contributed by atoms with Gasteiger partial charge in [-0.25, -0.2) is 0 Å². The van der Waals surface area contributed by atoms with E-state index in [4.69, 9.17) is 10.5 Å². The van der Waals surface area contributed by atoms with Crippen LogP contribution in [0.3, 0.4) is 0 Å². The van der Waals surface area contributed by atoms with Crippen LogP contribution in [0.25, 0.3) is 0 Å². The standard InChI is InChI=1S/C17H29NO2/c1-3-4-5-7-10-15(2)20-14-17(18,13-19)16-11-8-6-9-12-16/h6,8-9,11-12,15,19H,3-5,7,10,13-14,18H2,1-2H3. The summed E-state index contributed by atoms with van der Waals surface area (Å²) < 4.78 is 5.85. The lowest BCUT2D eigenvalue weighted by Gasteiger charge is -2.29. The van der Waals surface area contributed by atoms with Gasteiger partial charge in [0, 0.05) is 0 Å². The maximum Gasteiger partial charge on any atom is 0.0881 e. The molecule has 3 N–H and O–H groups in total. The predicted molar refractivity (Wildman–Crippen MR) is 83.6 cm³/mol. The van der Waals surface area contributed by atoms with E-state index >= 15 is 0 Å². The lowest BCUT2D eigenvalue weighted by molar-refractivity contribution is 0.00567. The van der Waals surface area contributed by atoms with E-state index in [1.807, 2.05) is 30.3 Å². The Hall–Kier alpha value is -0.900. The van der Waals surface area contributed by atoms with Crippen molar-refractivity contribution in [2.75, 3.05) is 13.2 Å². The lowest BCUT2D eigenvalue weighted by Crippen LogP contribution is -2.45. The largest absolute Gasteiger partial charge is 0.394 e. The van der Waals surface area contributed by atoms with Gasteiger partial charge in [0.05, 0.1) is 24.9 Å². The van der Waals surface area contributed by atoms with Crippen molar-refractivity contribution in [1.82, 2.24) is 0 Å². The molecule has 0 aliphatic carbocycles. The van der Waals surface area contributed by atoms with Crippen LogP contribution in [0.5, 0.6) is 0 Å². The molecular formula is C17H29NO2. The smallest absolute Gasteiger partial charge is 0.0881 e. The summed E-state index contributed by atoms with van der Waals surface area (Å²) in [7, 11) is 0. The topological polar surface area (TPSA) is 55.5 Å². The first kappa shape index (κ1) is 17.2. The Labute approximate surface area is 123 Å². The molecule has 1 aromatic rings. The molecule has 114 valence electrons. The van der Waals surface area contributed by atoms with Crippen molar-refractivity contribution in [2.45, 2.75) is 57.6 Å². The maximum absolute atomic E-state index is 9.59. The summed E-state index contributed by atoms with van der Waals surface area (Å²) in [6.45, 7) is 4.53. The highest BCUT2D eigenvalue weighted by Crippen LogP contribution is 2.19. The van der Waals surface area contributed by atoms with E-state index in [0.717, 1.165) is 12.0 Å². The zero-order valence-corrected chi connectivity index (χ0v) is 12.8. The molecular weight excluding hydrogens is 250 g/mol. The average molecular weight is 279 g/mol. The molecule has 0 aliphatic heterocycles. The molecule has 0 saturated heterocycles. The molecule has 0 radical (unpaired) electrons. The molecule has 0 spiro atoms. The van der Waals surface area contributed by atoms with Gasteiger partial charge >= 0.3 is 0 Å². The van der Waals surface area contributed by atoms with E-state index in [-0.39, 0.29) is 12.7 Å². The molecule has 3 nitrogen and oxygen atoms in total. The Morgan fingerprint density at radius 2 is 1.90 bits per heavy atom. The van der Waals surface area contributed by atoms with Gasteiger partial charge in [0.25, 0.3) is 0 Å². The van der Waals surface area contributed by atoms with Crippen molar-refractivity contribution in [3.63, 3.8) is 0 Å². The highest BCUT2D eigenvalue weighted by Gasteiger charge is 2.27. The third-order valence-corrected chi connectivity index (χ3v) is 3.72. The van der Waals surface area contributed by atoms with E-state index in [1.54, 1.807) is 0 Å². The summed E-state index contributed by atoms with van der Waals surface area (Å²) >= 11 is 0. The minimum atomic E-state index is -0.807. The van der Waals surface area contributed by atoms with Crippen LogP contribution in [-0.2, 0) is 10.3 Å². The second kappa shape index (κ2) is 9.11. The number of rotatable bonds is 10. The number of benzene rings is 1. The fraction of sp³-hybridized carbons (Fsp3) is 0.647. The van der Waals surface area contributed by atoms with Gasteiger partial charge in [0.1, 0.15) is 0 Å². The van der Waals surface area contributed by atoms with E-state index < -0.39 is 5.54 Å². The van der Waals surface area contributed by atoms with Gasteiger partial charge in [-0.2, -0.15) is 0 Å². The molecule has 0 aromatic heterocycles. The summed E-state index contributed by atoms with van der Waals surface area (Å²) in [5.74, 6) is 0. The zero-order valence-electron chi connectivity index (χ0n) is 12.8. The third kappa shape index (κ3) is 5.61. The first-order chi connectivity index (χ1) is 9.62. The number of aliphatic hydroxyl groups is 1. The van der Waals surface area contributed by atoms with E-state index in [1.165, 1.54) is 25.7 Å². The molecule has 0 aliphatic rings. The van der Waals surface area contributed by atoms with Crippen molar-refractivity contribution in [3.8, 4) is 0 Å². The van der Waals surface area contributed by atoms with Crippen LogP contribution in [0.2, 0.25) is 0 Å². The van der Waals surface area contributed by atoms with Crippen LogP contribution >= 0.6 is 0 Å². The van der Waals surface area contributed by atoms with Gasteiger partial charge in [0.15, 0.2) is 0 Å². The number of aliphatic hydroxyl groups excluding tert-OH is 1. The first-order valence-corrected chi connectivity index (χ1v) is 7.69. The van der Waals surface area contributed by atoms with E-state index in [0.29, 0.717) is 6.61 Å². The summed E-state index contributed by atoms with van der Waals surface area (Å²) in [6, 6.07) is 9.68. The Balaban J connectivity index is 2.41. The Morgan fingerprint density at radius 1 is 1.20 bits per heavy atom. The third-order valence-electron chi connectivity index (χ3n) is 3.72. The van der Waals surface area contributed by atoms with Crippen molar-refractivity contribution in [2.24, 2.45) is 5.73 Å². The number of hydrogen-bond acceptors (Lipinski definition) is 3. The van der Waals surface area contributed by atoms with Crippen LogP contribution in [0.4, 0.5) is 0 Å². The monoisotopic (exact) mass is 279 g/mol. The lowest BCUT2D eigenvalue weighted by atomic mass is 9.93. The van der Waals surface area contributed by atoms with Gasteiger partial charge in [-0.15, -0.1) is 0 Å². The van der Waals surface area contributed by atoms with Gasteiger partial charge in [-0.3, -0.25) is 0 Å². The zero-order chi connectivity index (χ0) is 14.8. The van der Waals surface area contributed by atoms with Crippen LogP contribution in [0.1, 0.15) is 51.5 Å². The highest BCUT2D eigenvalue weighted by molar-refractivity contribution is 5.24. The Kier molecular flexibility index (Phi) is 7.82. The average Bonchev–Trinajstić information content (AvgIpc) is 2.50. The molecule has 3 heteroatoms. The molecule has 2 unspecified atom stereocenters. The Bertz CT molecular complexity index is 355. The highest BCUT2D eigenvalue weighted by atomic mass is 16.5. The van der Waals surface area contributed by atoms with Gasteiger partial charge < -0.3 is 15.6 Å². The molecule has 0 saturated carbocycles. The molecule has 0 bridgehead atoms. The summed E-state index contributed by atoms with van der Waals surface area (Å²) in [5.41, 5.74) is 6.38. The first-order valence-electron chi connectivity index (χ1n) is 7.69. The molecule has 1 aromatic carbocycles. The minimum absolute atomic E-state index is 0.112. The van der Waals surface area contributed by atoms with Crippen LogP contribution in [0.15, 0.2) is 30.3 Å². The van der Waals surface area contributed by atoms with Gasteiger partial charge in [-0.1, -0.05) is 62.9 Å². The quantitative estimate of drug-likeness (QED) is 0.647. The predicted octanol–water partition coefficient (Wildman–Crippen LogP) is 3.21. The van der Waals surface area contributed by atoms with Crippen molar-refractivity contribution in [1.29, 1.82) is 0 Å². The van der Waals surface area contributed by atoms with Crippen molar-refractivity contribution in [3.05, 3.63) is 35.9 Å². The fourth-order valence-corrected chi connectivity index (χ4v) is 2.22. The SMILES string of the molecule is CCCCCCC(C)OCC(N)(CO)c1ccccc1. The molecule has 0 fully saturated rings. The van der Waals surface area contributed by atoms with Crippen molar-refractivity contribution >= 4 is 0 Å². The normalized spacial score (nSPS) is 15.8. The number of hydrogen-bond donors (Lipinski definition) is 2. The van der Waals surface area contributed by atoms with Crippen LogP contribution in [0, 0.1) is 0 Å². The number of nitrogens with two attached hydrogens (primary N) is 1. The minimum Gasteiger partial charge on any atom is -0.394 e. The molecule has 1 rings (SSSR count). The molecule has 2 atom stereocenters. The fourth-order valence-electron chi connectivity index (χ4n) is 2.22. The number of ether oxygens (including phenoxy) is 1. The second-order valence-electron chi connectivity index (χ2n) is 5.65. The number of unbranched alkanes of at least 4 members (excludes halogenated alkanes) is 3. The Morgan fingerprint density at radius 3 is 2.50 bits per heavy atom. The second-order valence-corrected chi connectivity index (χ2v) is 5.65. The molecule has 0 heterocycles. The molecule has 20 heavy (non-hydrogen) atoms. The van der Waals surface area contributed by atoms with Crippen LogP contribution in [-0.4, -0.2) is 24.4 Å². The summed E-state index contributed by atoms with van der Waals surface area (Å²) in [6.07, 6.45) is 6.22. The van der Waals surface area contributed by atoms with E-state index in [2.05, 4.69) is 13.8 Å². The molecule has 0 amide bonds. The summed E-state index contributed by atoms with van der Waals surface area (Å²) in [5, 5.41) is 9.59. The van der Waals surface area contributed by atoms with E-state index in [9.17, 15) is 5.11 Å². The van der Waals surface area contributed by atoms with Gasteiger partial charge in [-0.05, 0) is 18.9 Å². The maximum atomic E-state index is 9.59. The van der Waals surface area contributed by atoms with Gasteiger partial charge in [0.2, 0.25) is 0 Å². The van der Waals surface area contributed by atoms with Crippen LogP contribution < -0.4 is 5.73 Å².